The second-order valence-corrected chi connectivity index (χ2v) is 12.5. The maximum absolute atomic E-state index is 12.7. The lowest BCUT2D eigenvalue weighted by atomic mass is 9.90. The quantitative estimate of drug-likeness (QED) is 0.214. The zero-order valence-electron chi connectivity index (χ0n) is 24.3. The van der Waals surface area contributed by atoms with Crippen LogP contribution in [0, 0.1) is 0 Å². The summed E-state index contributed by atoms with van der Waals surface area (Å²) in [5.41, 5.74) is 2.78. The zero-order valence-corrected chi connectivity index (χ0v) is 25.8. The number of halogens is 2. The molecule has 1 saturated carbocycles. The standard InChI is InChI=1S/C31H36Cl2N4O5/c1-16(35-30(41)42-31(3,4)5)29(40)37-21-9-7-20(8-10-21)36-27-22-12-18(19-13-24(32)28(39)25(33)14-19)6-11-26(22)34-15-23(27)17(2)38/h6,11-16,20-21,39H,7-10H2,1-5H3,(H,34,36)(H,35,41)(H,37,40). The minimum Gasteiger partial charge on any atom is -0.505 e. The molecule has 1 aliphatic carbocycles. The van der Waals surface area contributed by atoms with Gasteiger partial charge in [0.25, 0.3) is 0 Å². The van der Waals surface area contributed by atoms with Crippen molar-refractivity contribution >= 4 is 57.6 Å². The highest BCUT2D eigenvalue weighted by molar-refractivity contribution is 6.37. The predicted molar refractivity (Wildman–Crippen MR) is 166 cm³/mol. The molecule has 9 nitrogen and oxygen atoms in total. The van der Waals surface area contributed by atoms with Gasteiger partial charge in [0.2, 0.25) is 5.91 Å². The molecule has 3 aromatic rings. The first-order valence-electron chi connectivity index (χ1n) is 13.9. The van der Waals surface area contributed by atoms with E-state index in [1.807, 2.05) is 18.2 Å². The van der Waals surface area contributed by atoms with E-state index in [9.17, 15) is 19.5 Å². The molecule has 0 bridgehead atoms. The number of alkyl carbamates (subject to hydrolysis) is 1. The number of nitrogens with one attached hydrogen (secondary N) is 3. The lowest BCUT2D eigenvalue weighted by Gasteiger charge is -2.31. The summed E-state index contributed by atoms with van der Waals surface area (Å²) in [5.74, 6) is -0.551. The van der Waals surface area contributed by atoms with E-state index in [0.29, 0.717) is 11.3 Å². The molecule has 42 heavy (non-hydrogen) atoms. The van der Waals surface area contributed by atoms with Crippen LogP contribution in [-0.2, 0) is 9.53 Å². The van der Waals surface area contributed by atoms with Gasteiger partial charge in [0.05, 0.1) is 26.8 Å². The average Bonchev–Trinajstić information content (AvgIpc) is 2.91. The van der Waals surface area contributed by atoms with Crippen LogP contribution in [-0.4, -0.2) is 51.6 Å². The SMILES string of the molecule is CC(=O)c1cnc2ccc(-c3cc(Cl)c(O)c(Cl)c3)cc2c1NC1CCC(NC(=O)C(C)NC(=O)OC(C)(C)C)CC1. The van der Waals surface area contributed by atoms with Gasteiger partial charge in [-0.2, -0.15) is 0 Å². The van der Waals surface area contributed by atoms with Crippen molar-refractivity contribution in [3.8, 4) is 16.9 Å². The number of phenolic OH excluding ortho intramolecular Hbond substituents is 1. The summed E-state index contributed by atoms with van der Waals surface area (Å²) in [6.07, 6.45) is 3.95. The van der Waals surface area contributed by atoms with Crippen LogP contribution in [0.1, 0.15) is 70.7 Å². The number of aromatic nitrogens is 1. The molecule has 4 rings (SSSR count). The first-order chi connectivity index (χ1) is 19.7. The number of benzene rings is 2. The molecule has 1 aliphatic rings. The van der Waals surface area contributed by atoms with Crippen LogP contribution in [0.25, 0.3) is 22.0 Å². The number of fused-ring (bicyclic) bond motifs is 1. The van der Waals surface area contributed by atoms with E-state index in [4.69, 9.17) is 27.9 Å². The van der Waals surface area contributed by atoms with E-state index in [0.717, 1.165) is 47.7 Å². The van der Waals surface area contributed by atoms with E-state index < -0.39 is 17.7 Å². The molecule has 0 radical (unpaired) electrons. The van der Waals surface area contributed by atoms with Crippen molar-refractivity contribution < 1.29 is 24.2 Å². The van der Waals surface area contributed by atoms with Crippen molar-refractivity contribution in [1.29, 1.82) is 0 Å². The Morgan fingerprint density at radius 2 is 1.62 bits per heavy atom. The highest BCUT2D eigenvalue weighted by Crippen LogP contribution is 2.38. The fourth-order valence-electron chi connectivity index (χ4n) is 4.99. The Labute approximate surface area is 255 Å². The molecular formula is C31H36Cl2N4O5. The van der Waals surface area contributed by atoms with Crippen LogP contribution in [0.15, 0.2) is 36.5 Å². The van der Waals surface area contributed by atoms with Crippen molar-refractivity contribution in [2.45, 2.75) is 84.0 Å². The summed E-state index contributed by atoms with van der Waals surface area (Å²) in [4.78, 5) is 41.8. The maximum atomic E-state index is 12.7. The van der Waals surface area contributed by atoms with E-state index in [2.05, 4.69) is 20.9 Å². The fraction of sp³-hybridized carbons (Fsp3) is 0.419. The smallest absolute Gasteiger partial charge is 0.408 e. The molecule has 0 aliphatic heterocycles. The molecule has 4 N–H and O–H groups in total. The molecule has 1 fully saturated rings. The highest BCUT2D eigenvalue weighted by Gasteiger charge is 2.27. The largest absolute Gasteiger partial charge is 0.505 e. The maximum Gasteiger partial charge on any atom is 0.408 e. The molecule has 0 saturated heterocycles. The number of nitrogens with zero attached hydrogens (tertiary/aromatic N) is 1. The number of hydrogen-bond acceptors (Lipinski definition) is 7. The minimum absolute atomic E-state index is 0.0319. The third-order valence-electron chi connectivity index (χ3n) is 7.15. The Morgan fingerprint density at radius 3 is 2.21 bits per heavy atom. The van der Waals surface area contributed by atoms with Gasteiger partial charge in [-0.15, -0.1) is 0 Å². The van der Waals surface area contributed by atoms with Gasteiger partial charge in [0.1, 0.15) is 11.6 Å². The molecule has 224 valence electrons. The highest BCUT2D eigenvalue weighted by atomic mass is 35.5. The number of aromatic hydroxyl groups is 1. The number of anilines is 1. The number of phenols is 1. The number of rotatable bonds is 7. The summed E-state index contributed by atoms with van der Waals surface area (Å²) >= 11 is 12.3. The van der Waals surface area contributed by atoms with Gasteiger partial charge in [-0.1, -0.05) is 29.3 Å². The number of amides is 2. The molecule has 1 unspecified atom stereocenters. The van der Waals surface area contributed by atoms with Crippen LogP contribution >= 0.6 is 23.2 Å². The van der Waals surface area contributed by atoms with Gasteiger partial charge in [0.15, 0.2) is 11.5 Å². The van der Waals surface area contributed by atoms with Gasteiger partial charge >= 0.3 is 6.09 Å². The number of hydrogen-bond donors (Lipinski definition) is 4. The number of Topliss-reactive ketones (excluding diaryl/α,β-unsaturated/α-hetero) is 1. The van der Waals surface area contributed by atoms with Crippen molar-refractivity contribution in [1.82, 2.24) is 15.6 Å². The third-order valence-corrected chi connectivity index (χ3v) is 7.72. The van der Waals surface area contributed by atoms with Crippen LogP contribution < -0.4 is 16.0 Å². The van der Waals surface area contributed by atoms with Crippen molar-refractivity contribution in [3.63, 3.8) is 0 Å². The lowest BCUT2D eigenvalue weighted by molar-refractivity contribution is -0.123. The molecular weight excluding hydrogens is 579 g/mol. The number of carbonyl (C=O) groups excluding carboxylic acids is 3. The van der Waals surface area contributed by atoms with Gasteiger partial charge in [-0.3, -0.25) is 14.6 Å². The summed E-state index contributed by atoms with van der Waals surface area (Å²) in [6.45, 7) is 8.42. The average molecular weight is 616 g/mol. The van der Waals surface area contributed by atoms with E-state index in [1.165, 1.54) is 6.92 Å². The first kappa shape index (κ1) is 31.4. The minimum atomic E-state index is -0.732. The lowest BCUT2D eigenvalue weighted by Crippen LogP contribution is -2.50. The van der Waals surface area contributed by atoms with Crippen molar-refractivity contribution in [3.05, 3.63) is 52.1 Å². The van der Waals surface area contributed by atoms with E-state index in [-0.39, 0.29) is 39.6 Å². The molecule has 2 aromatic carbocycles. The van der Waals surface area contributed by atoms with Crippen LogP contribution in [0.2, 0.25) is 10.0 Å². The third kappa shape index (κ3) is 7.63. The van der Waals surface area contributed by atoms with Gasteiger partial charge < -0.3 is 25.8 Å². The van der Waals surface area contributed by atoms with Crippen LogP contribution in [0.5, 0.6) is 5.75 Å². The molecule has 0 spiro atoms. The molecule has 1 heterocycles. The Morgan fingerprint density at radius 1 is 1.00 bits per heavy atom. The Kier molecular flexibility index (Phi) is 9.53. The predicted octanol–water partition coefficient (Wildman–Crippen LogP) is 6.87. The van der Waals surface area contributed by atoms with Crippen molar-refractivity contribution in [2.24, 2.45) is 0 Å². The van der Waals surface area contributed by atoms with Crippen LogP contribution in [0.3, 0.4) is 0 Å². The number of pyridine rings is 1. The second kappa shape index (κ2) is 12.8. The molecule has 2 amide bonds. The van der Waals surface area contributed by atoms with Crippen LogP contribution in [0.4, 0.5) is 10.5 Å². The first-order valence-corrected chi connectivity index (χ1v) is 14.7. The molecule has 1 atom stereocenters. The van der Waals surface area contributed by atoms with E-state index >= 15 is 0 Å². The Hall–Kier alpha value is -3.56. The zero-order chi connectivity index (χ0) is 30.8. The summed E-state index contributed by atoms with van der Waals surface area (Å²) in [6, 6.07) is 8.27. The number of carbonyl (C=O) groups is 3. The fourth-order valence-corrected chi connectivity index (χ4v) is 5.48. The Bertz CT molecular complexity index is 1490. The monoisotopic (exact) mass is 614 g/mol. The van der Waals surface area contributed by atoms with E-state index in [1.54, 1.807) is 46.0 Å². The summed E-state index contributed by atoms with van der Waals surface area (Å²) in [5, 5.41) is 20.2. The van der Waals surface area contributed by atoms with Gasteiger partial charge in [-0.25, -0.2) is 4.79 Å². The van der Waals surface area contributed by atoms with Crippen molar-refractivity contribution in [2.75, 3.05) is 5.32 Å². The topological polar surface area (TPSA) is 130 Å². The van der Waals surface area contributed by atoms with Gasteiger partial charge in [0, 0.05) is 23.7 Å². The normalized spacial score (nSPS) is 17.8. The number of ketones is 1. The molecule has 1 aromatic heterocycles. The second-order valence-electron chi connectivity index (χ2n) is 11.7. The number of ether oxygens (including phenoxy) is 1. The molecule has 11 heteroatoms. The Balaban J connectivity index is 1.47. The summed E-state index contributed by atoms with van der Waals surface area (Å²) < 4.78 is 5.24. The van der Waals surface area contributed by atoms with Gasteiger partial charge in [-0.05, 0) is 95.7 Å². The summed E-state index contributed by atoms with van der Waals surface area (Å²) in [7, 11) is 0.